The highest BCUT2D eigenvalue weighted by molar-refractivity contribution is 7.89. The number of benzene rings is 1. The Labute approximate surface area is 143 Å². The summed E-state index contributed by atoms with van der Waals surface area (Å²) in [6.07, 6.45) is 4.37. The fourth-order valence-electron chi connectivity index (χ4n) is 3.69. The molecule has 2 heterocycles. The van der Waals surface area contributed by atoms with Crippen LogP contribution in [0.2, 0.25) is 0 Å². The van der Waals surface area contributed by atoms with Gasteiger partial charge in [-0.25, -0.2) is 12.7 Å². The van der Waals surface area contributed by atoms with Crippen LogP contribution in [0.4, 0.5) is 0 Å². The predicted octanol–water partition coefficient (Wildman–Crippen LogP) is 1.29. The molecule has 2 bridgehead atoms. The molecule has 0 radical (unpaired) electrons. The lowest BCUT2D eigenvalue weighted by Gasteiger charge is -2.35. The number of carbonyl (C=O) groups is 1. The van der Waals surface area contributed by atoms with Crippen LogP contribution in [0.15, 0.2) is 29.2 Å². The molecule has 1 amide bonds. The minimum atomic E-state index is -3.47. The number of nitrogens with one attached hydrogen (secondary N) is 1. The van der Waals surface area contributed by atoms with E-state index in [9.17, 15) is 13.2 Å². The maximum Gasteiger partial charge on any atom is 0.253 e. The molecule has 2 atom stereocenters. The van der Waals surface area contributed by atoms with Gasteiger partial charge in [-0.1, -0.05) is 0 Å². The zero-order valence-corrected chi connectivity index (χ0v) is 15.2. The van der Waals surface area contributed by atoms with Crippen molar-refractivity contribution in [2.24, 2.45) is 0 Å². The summed E-state index contributed by atoms with van der Waals surface area (Å²) in [5.74, 6) is -0.0462. The van der Waals surface area contributed by atoms with E-state index in [1.165, 1.54) is 43.4 Å². The van der Waals surface area contributed by atoms with Crippen molar-refractivity contribution in [2.75, 3.05) is 21.1 Å². The highest BCUT2D eigenvalue weighted by Gasteiger charge is 2.36. The van der Waals surface area contributed by atoms with Crippen LogP contribution in [0.1, 0.15) is 36.0 Å². The van der Waals surface area contributed by atoms with Crippen LogP contribution in [0, 0.1) is 0 Å². The van der Waals surface area contributed by atoms with Gasteiger partial charge >= 0.3 is 0 Å². The average Bonchev–Trinajstić information content (AvgIpc) is 2.91. The van der Waals surface area contributed by atoms with Crippen molar-refractivity contribution in [3.8, 4) is 0 Å². The molecule has 24 heavy (non-hydrogen) atoms. The number of piperidine rings is 1. The Balaban J connectivity index is 1.73. The number of fused-ring (bicyclic) bond motifs is 2. The first-order chi connectivity index (χ1) is 11.3. The summed E-state index contributed by atoms with van der Waals surface area (Å²) in [7, 11) is 1.37. The molecular formula is C17H25N3O3S. The molecule has 0 aliphatic carbocycles. The number of rotatable bonds is 4. The summed E-state index contributed by atoms with van der Waals surface area (Å²) in [5.41, 5.74) is 0.529. The Morgan fingerprint density at radius 1 is 1.04 bits per heavy atom. The van der Waals surface area contributed by atoms with E-state index in [0.717, 1.165) is 12.8 Å². The highest BCUT2D eigenvalue weighted by atomic mass is 32.2. The summed E-state index contributed by atoms with van der Waals surface area (Å²) in [5, 5.41) is 3.58. The van der Waals surface area contributed by atoms with Crippen LogP contribution in [0.25, 0.3) is 0 Å². The van der Waals surface area contributed by atoms with Gasteiger partial charge in [0.1, 0.15) is 0 Å². The normalized spacial score (nSPS) is 26.6. The van der Waals surface area contributed by atoms with Gasteiger partial charge in [-0.05, 0) is 49.9 Å². The van der Waals surface area contributed by atoms with Crippen molar-refractivity contribution >= 4 is 15.9 Å². The monoisotopic (exact) mass is 351 g/mol. The van der Waals surface area contributed by atoms with E-state index in [2.05, 4.69) is 5.32 Å². The molecular weight excluding hydrogens is 326 g/mol. The Hall–Kier alpha value is -1.44. The van der Waals surface area contributed by atoms with Crippen molar-refractivity contribution in [3.63, 3.8) is 0 Å². The summed E-state index contributed by atoms with van der Waals surface area (Å²) in [6, 6.07) is 7.51. The average molecular weight is 351 g/mol. The maximum atomic E-state index is 12.7. The number of nitrogens with zero attached hydrogens (tertiary/aromatic N) is 2. The number of carbonyl (C=O) groups excluding carboxylic acids is 1. The summed E-state index contributed by atoms with van der Waals surface area (Å²) < 4.78 is 25.4. The topological polar surface area (TPSA) is 69.7 Å². The van der Waals surface area contributed by atoms with Gasteiger partial charge in [0.25, 0.3) is 5.91 Å². The van der Waals surface area contributed by atoms with Crippen molar-refractivity contribution in [1.29, 1.82) is 0 Å². The Kier molecular flexibility index (Phi) is 4.68. The molecule has 2 unspecified atom stereocenters. The third-order valence-corrected chi connectivity index (χ3v) is 7.03. The molecule has 2 aliphatic heterocycles. The Morgan fingerprint density at radius 3 is 2.08 bits per heavy atom. The molecule has 6 nitrogen and oxygen atoms in total. The van der Waals surface area contributed by atoms with Crippen LogP contribution in [0.5, 0.6) is 0 Å². The van der Waals surface area contributed by atoms with Crippen LogP contribution < -0.4 is 5.32 Å². The Bertz CT molecular complexity index is 703. The smallest absolute Gasteiger partial charge is 0.253 e. The zero-order valence-electron chi connectivity index (χ0n) is 14.4. The van der Waals surface area contributed by atoms with Crippen molar-refractivity contribution in [2.45, 2.75) is 48.7 Å². The quantitative estimate of drug-likeness (QED) is 0.887. The molecule has 0 aromatic heterocycles. The van der Waals surface area contributed by atoms with Gasteiger partial charge in [-0.2, -0.15) is 0 Å². The molecule has 1 aromatic carbocycles. The standard InChI is InChI=1S/C17H25N3O3S/c1-19(2)24(22,23)16-8-4-12(5-9-16)17(21)20(3)15-10-13-6-7-14(11-15)18-13/h4-5,8-9,13-15,18H,6-7,10-11H2,1-3H3. The van der Waals surface area contributed by atoms with Gasteiger partial charge in [0.05, 0.1) is 4.90 Å². The van der Waals surface area contributed by atoms with Gasteiger partial charge in [0.15, 0.2) is 0 Å². The van der Waals surface area contributed by atoms with E-state index in [0.29, 0.717) is 17.6 Å². The van der Waals surface area contributed by atoms with E-state index >= 15 is 0 Å². The van der Waals surface area contributed by atoms with Crippen molar-refractivity contribution in [3.05, 3.63) is 29.8 Å². The van der Waals surface area contributed by atoms with Crippen molar-refractivity contribution < 1.29 is 13.2 Å². The van der Waals surface area contributed by atoms with E-state index in [4.69, 9.17) is 0 Å². The number of amides is 1. The van der Waals surface area contributed by atoms with E-state index in [-0.39, 0.29) is 16.8 Å². The van der Waals surface area contributed by atoms with Gasteiger partial charge < -0.3 is 10.2 Å². The summed E-state index contributed by atoms with van der Waals surface area (Å²) in [4.78, 5) is 14.7. The lowest BCUT2D eigenvalue weighted by Crippen LogP contribution is -2.48. The third kappa shape index (κ3) is 3.20. The Morgan fingerprint density at radius 2 is 1.58 bits per heavy atom. The SMILES string of the molecule is CN(C(=O)c1ccc(S(=O)(=O)N(C)C)cc1)C1CC2CCC(C1)N2. The summed E-state index contributed by atoms with van der Waals surface area (Å²) >= 11 is 0. The van der Waals surface area contributed by atoms with Crippen LogP contribution in [-0.2, 0) is 10.0 Å². The van der Waals surface area contributed by atoms with Gasteiger partial charge in [0.2, 0.25) is 10.0 Å². The molecule has 1 N–H and O–H groups in total. The second kappa shape index (κ2) is 6.46. The maximum absolute atomic E-state index is 12.7. The minimum absolute atomic E-state index is 0.0462. The van der Waals surface area contributed by atoms with Crippen molar-refractivity contribution in [1.82, 2.24) is 14.5 Å². The third-order valence-electron chi connectivity index (χ3n) is 5.20. The van der Waals surface area contributed by atoms with E-state index in [1.54, 1.807) is 12.1 Å². The van der Waals surface area contributed by atoms with Gasteiger partial charge in [0, 0.05) is 44.8 Å². The van der Waals surface area contributed by atoms with Crippen LogP contribution >= 0.6 is 0 Å². The fourth-order valence-corrected chi connectivity index (χ4v) is 4.59. The minimum Gasteiger partial charge on any atom is -0.339 e. The molecule has 2 saturated heterocycles. The van der Waals surface area contributed by atoms with E-state index < -0.39 is 10.0 Å². The second-order valence-electron chi connectivity index (χ2n) is 6.99. The largest absolute Gasteiger partial charge is 0.339 e. The fraction of sp³-hybridized carbons (Fsp3) is 0.588. The van der Waals surface area contributed by atoms with Gasteiger partial charge in [-0.3, -0.25) is 4.79 Å². The molecule has 0 saturated carbocycles. The highest BCUT2D eigenvalue weighted by Crippen LogP contribution is 2.30. The molecule has 2 aliphatic rings. The predicted molar refractivity (Wildman–Crippen MR) is 92.4 cm³/mol. The molecule has 1 aromatic rings. The molecule has 3 rings (SSSR count). The van der Waals surface area contributed by atoms with Gasteiger partial charge in [-0.15, -0.1) is 0 Å². The number of sulfonamides is 1. The molecule has 0 spiro atoms. The molecule has 132 valence electrons. The van der Waals surface area contributed by atoms with Crippen LogP contribution in [0.3, 0.4) is 0 Å². The number of hydrogen-bond donors (Lipinski definition) is 1. The lowest BCUT2D eigenvalue weighted by molar-refractivity contribution is 0.0681. The lowest BCUT2D eigenvalue weighted by atomic mass is 9.98. The first-order valence-corrected chi connectivity index (χ1v) is 9.79. The molecule has 2 fully saturated rings. The second-order valence-corrected chi connectivity index (χ2v) is 9.14. The first kappa shape index (κ1) is 17.4. The first-order valence-electron chi connectivity index (χ1n) is 8.35. The van der Waals surface area contributed by atoms with E-state index in [1.807, 2.05) is 11.9 Å². The number of hydrogen-bond acceptors (Lipinski definition) is 4. The summed E-state index contributed by atoms with van der Waals surface area (Å²) in [6.45, 7) is 0. The molecule has 7 heteroatoms. The zero-order chi connectivity index (χ0) is 17.5. The van der Waals surface area contributed by atoms with Crippen LogP contribution in [-0.4, -0.2) is 62.8 Å².